The van der Waals surface area contributed by atoms with E-state index >= 15 is 0 Å². The molecular weight excluding hydrogens is 259 g/mol. The summed E-state index contributed by atoms with van der Waals surface area (Å²) in [5, 5.41) is 8.12. The number of halogens is 1. The third-order valence-electron chi connectivity index (χ3n) is 3.15. The van der Waals surface area contributed by atoms with Crippen molar-refractivity contribution in [2.75, 3.05) is 6.54 Å². The van der Waals surface area contributed by atoms with E-state index in [1.54, 1.807) is 16.9 Å². The number of hydrogen-bond acceptors (Lipinski definition) is 4. The summed E-state index contributed by atoms with van der Waals surface area (Å²) in [6.07, 6.45) is 1.80. The fourth-order valence-electron chi connectivity index (χ4n) is 2.26. The summed E-state index contributed by atoms with van der Waals surface area (Å²) < 4.78 is 17.0. The molecule has 0 spiro atoms. The topological polar surface area (TPSA) is 74.5 Å². The standard InChI is InChI=1S/C13H15FN6/c1-2-20-12-4-3-9(14)7-10(12)16-13(20)11-8-19(6-5-15)18-17-11/h3-4,7-8H,2,5-6,15H2,1H3. The molecule has 2 heterocycles. The minimum atomic E-state index is -0.295. The van der Waals surface area contributed by atoms with Crippen molar-refractivity contribution >= 4 is 11.0 Å². The number of fused-ring (bicyclic) bond motifs is 1. The van der Waals surface area contributed by atoms with Gasteiger partial charge in [-0.1, -0.05) is 5.21 Å². The summed E-state index contributed by atoms with van der Waals surface area (Å²) in [6, 6.07) is 4.59. The average molecular weight is 274 g/mol. The Morgan fingerprint density at radius 1 is 1.35 bits per heavy atom. The molecule has 104 valence electrons. The SMILES string of the molecule is CCn1c(-c2cn(CCN)nn2)nc2cc(F)ccc21. The Labute approximate surface area is 115 Å². The van der Waals surface area contributed by atoms with Gasteiger partial charge in [-0.2, -0.15) is 0 Å². The van der Waals surface area contributed by atoms with Gasteiger partial charge in [-0.15, -0.1) is 5.10 Å². The van der Waals surface area contributed by atoms with Crippen LogP contribution in [0.2, 0.25) is 0 Å². The molecule has 0 amide bonds. The lowest BCUT2D eigenvalue weighted by molar-refractivity contribution is 0.598. The van der Waals surface area contributed by atoms with E-state index < -0.39 is 0 Å². The van der Waals surface area contributed by atoms with Crippen molar-refractivity contribution in [2.24, 2.45) is 5.73 Å². The van der Waals surface area contributed by atoms with Crippen molar-refractivity contribution in [3.05, 3.63) is 30.2 Å². The predicted octanol–water partition coefficient (Wildman–Crippen LogP) is 1.41. The summed E-state index contributed by atoms with van der Waals surface area (Å²) >= 11 is 0. The van der Waals surface area contributed by atoms with Gasteiger partial charge in [0.15, 0.2) is 5.82 Å². The Bertz CT molecular complexity index is 744. The molecule has 0 saturated heterocycles. The van der Waals surface area contributed by atoms with Crippen LogP contribution in [0.1, 0.15) is 6.92 Å². The van der Waals surface area contributed by atoms with Gasteiger partial charge in [0.05, 0.1) is 23.8 Å². The van der Waals surface area contributed by atoms with Crippen LogP contribution < -0.4 is 5.73 Å². The number of imidazole rings is 1. The summed E-state index contributed by atoms with van der Waals surface area (Å²) in [6.45, 7) is 3.84. The van der Waals surface area contributed by atoms with Gasteiger partial charge >= 0.3 is 0 Å². The number of nitrogens with zero attached hydrogens (tertiary/aromatic N) is 5. The largest absolute Gasteiger partial charge is 0.329 e. The van der Waals surface area contributed by atoms with E-state index in [1.165, 1.54) is 12.1 Å². The van der Waals surface area contributed by atoms with Gasteiger partial charge in [-0.05, 0) is 19.1 Å². The zero-order chi connectivity index (χ0) is 14.1. The lowest BCUT2D eigenvalue weighted by atomic mass is 10.3. The monoisotopic (exact) mass is 274 g/mol. The van der Waals surface area contributed by atoms with Crippen LogP contribution in [0, 0.1) is 5.82 Å². The van der Waals surface area contributed by atoms with Crippen LogP contribution in [0.4, 0.5) is 4.39 Å². The highest BCUT2D eigenvalue weighted by Gasteiger charge is 2.14. The van der Waals surface area contributed by atoms with Crippen molar-refractivity contribution in [2.45, 2.75) is 20.0 Å². The van der Waals surface area contributed by atoms with Crippen LogP contribution in [-0.4, -0.2) is 31.1 Å². The second-order valence-corrected chi connectivity index (χ2v) is 4.47. The molecule has 0 aliphatic rings. The molecule has 0 saturated carbocycles. The first kappa shape index (κ1) is 12.7. The Morgan fingerprint density at radius 3 is 2.95 bits per heavy atom. The van der Waals surface area contributed by atoms with Crippen molar-refractivity contribution in [1.29, 1.82) is 0 Å². The van der Waals surface area contributed by atoms with E-state index in [4.69, 9.17) is 5.73 Å². The second kappa shape index (κ2) is 5.01. The average Bonchev–Trinajstić information content (AvgIpc) is 3.02. The number of aryl methyl sites for hydroxylation is 1. The number of benzene rings is 1. The number of aromatic nitrogens is 5. The molecule has 7 heteroatoms. The first-order chi connectivity index (χ1) is 9.72. The normalized spacial score (nSPS) is 11.3. The molecule has 20 heavy (non-hydrogen) atoms. The molecule has 2 aromatic heterocycles. The van der Waals surface area contributed by atoms with Gasteiger partial charge in [0, 0.05) is 19.2 Å². The highest BCUT2D eigenvalue weighted by molar-refractivity contribution is 5.79. The minimum Gasteiger partial charge on any atom is -0.329 e. The maximum Gasteiger partial charge on any atom is 0.163 e. The van der Waals surface area contributed by atoms with Crippen LogP contribution in [0.5, 0.6) is 0 Å². The van der Waals surface area contributed by atoms with E-state index in [9.17, 15) is 4.39 Å². The molecule has 6 nitrogen and oxygen atoms in total. The second-order valence-electron chi connectivity index (χ2n) is 4.47. The summed E-state index contributed by atoms with van der Waals surface area (Å²) in [5.74, 6) is 0.396. The van der Waals surface area contributed by atoms with E-state index in [2.05, 4.69) is 15.3 Å². The first-order valence-electron chi connectivity index (χ1n) is 6.49. The van der Waals surface area contributed by atoms with E-state index in [1.807, 2.05) is 11.5 Å². The zero-order valence-electron chi connectivity index (χ0n) is 11.1. The third-order valence-corrected chi connectivity index (χ3v) is 3.15. The number of nitrogens with two attached hydrogens (primary N) is 1. The maximum atomic E-state index is 13.3. The summed E-state index contributed by atoms with van der Waals surface area (Å²) in [4.78, 5) is 4.46. The molecule has 3 rings (SSSR count). The van der Waals surface area contributed by atoms with Crippen LogP contribution in [-0.2, 0) is 13.1 Å². The van der Waals surface area contributed by atoms with E-state index in [0.717, 1.165) is 12.1 Å². The Morgan fingerprint density at radius 2 is 2.20 bits per heavy atom. The smallest absolute Gasteiger partial charge is 0.163 e. The predicted molar refractivity (Wildman–Crippen MR) is 73.4 cm³/mol. The maximum absolute atomic E-state index is 13.3. The molecule has 3 aromatic rings. The van der Waals surface area contributed by atoms with Crippen LogP contribution in [0.15, 0.2) is 24.4 Å². The molecule has 0 atom stereocenters. The third kappa shape index (κ3) is 2.05. The lowest BCUT2D eigenvalue weighted by Crippen LogP contribution is -2.10. The van der Waals surface area contributed by atoms with Crippen molar-refractivity contribution in [3.63, 3.8) is 0 Å². The van der Waals surface area contributed by atoms with Crippen LogP contribution in [0.25, 0.3) is 22.6 Å². The van der Waals surface area contributed by atoms with Crippen molar-refractivity contribution in [3.8, 4) is 11.5 Å². The Kier molecular flexibility index (Phi) is 3.19. The molecule has 0 radical (unpaired) electrons. The first-order valence-corrected chi connectivity index (χ1v) is 6.49. The van der Waals surface area contributed by atoms with Crippen LogP contribution in [0.3, 0.4) is 0 Å². The highest BCUT2D eigenvalue weighted by Crippen LogP contribution is 2.23. The lowest BCUT2D eigenvalue weighted by Gasteiger charge is -2.02. The van der Waals surface area contributed by atoms with Gasteiger partial charge in [-0.3, -0.25) is 4.68 Å². The number of hydrogen-bond donors (Lipinski definition) is 1. The van der Waals surface area contributed by atoms with Gasteiger partial charge in [-0.25, -0.2) is 9.37 Å². The molecule has 0 aliphatic carbocycles. The van der Waals surface area contributed by atoms with Gasteiger partial charge in [0.25, 0.3) is 0 Å². The quantitative estimate of drug-likeness (QED) is 0.780. The molecule has 1 aromatic carbocycles. The molecule has 0 fully saturated rings. The fraction of sp³-hybridized carbons (Fsp3) is 0.308. The van der Waals surface area contributed by atoms with Gasteiger partial charge < -0.3 is 10.3 Å². The molecule has 0 aliphatic heterocycles. The molecule has 0 bridgehead atoms. The zero-order valence-corrected chi connectivity index (χ0v) is 11.1. The summed E-state index contributed by atoms with van der Waals surface area (Å²) in [7, 11) is 0. The van der Waals surface area contributed by atoms with Gasteiger partial charge in [0.1, 0.15) is 11.5 Å². The van der Waals surface area contributed by atoms with E-state index in [-0.39, 0.29) is 5.82 Å². The Balaban J connectivity index is 2.13. The number of rotatable bonds is 4. The van der Waals surface area contributed by atoms with E-state index in [0.29, 0.717) is 30.1 Å². The molecule has 0 unspecified atom stereocenters. The summed E-state index contributed by atoms with van der Waals surface area (Å²) in [5.41, 5.74) is 7.66. The minimum absolute atomic E-state index is 0.295. The highest BCUT2D eigenvalue weighted by atomic mass is 19.1. The van der Waals surface area contributed by atoms with Crippen LogP contribution >= 0.6 is 0 Å². The Hall–Kier alpha value is -2.28. The van der Waals surface area contributed by atoms with Crippen molar-refractivity contribution < 1.29 is 4.39 Å². The van der Waals surface area contributed by atoms with Crippen molar-refractivity contribution in [1.82, 2.24) is 24.5 Å². The molecule has 2 N–H and O–H groups in total. The molecular formula is C13H15FN6. The fourth-order valence-corrected chi connectivity index (χ4v) is 2.26. The van der Waals surface area contributed by atoms with Gasteiger partial charge in [0.2, 0.25) is 0 Å².